The van der Waals surface area contributed by atoms with E-state index in [4.69, 9.17) is 14.0 Å². The minimum atomic E-state index is -0.835. The molecule has 0 fully saturated rings. The van der Waals surface area contributed by atoms with Crippen LogP contribution in [0, 0.1) is 17.0 Å². The first kappa shape index (κ1) is 17.1. The molecular formula is C15H14N2O7. The lowest BCUT2D eigenvalue weighted by molar-refractivity contribution is -0.384. The van der Waals surface area contributed by atoms with Crippen LogP contribution in [0.2, 0.25) is 0 Å². The zero-order chi connectivity index (χ0) is 17.7. The topological polar surface area (TPSA) is 122 Å². The molecule has 9 heteroatoms. The lowest BCUT2D eigenvalue weighted by Crippen LogP contribution is -2.10. The summed E-state index contributed by atoms with van der Waals surface area (Å²) in [5, 5.41) is 14.6. The Morgan fingerprint density at radius 3 is 2.29 bits per heavy atom. The van der Waals surface area contributed by atoms with E-state index in [1.54, 1.807) is 19.9 Å². The van der Waals surface area contributed by atoms with E-state index in [1.807, 2.05) is 0 Å². The first-order valence-electron chi connectivity index (χ1n) is 6.96. The maximum absolute atomic E-state index is 12.1. The SMILES string of the molecule is CCOC(=O)c1cc(C(=O)OCc2cc(C)no2)cc([N+](=O)[O-])c1. The maximum atomic E-state index is 12.1. The van der Waals surface area contributed by atoms with Gasteiger partial charge in [-0.05, 0) is 19.9 Å². The normalized spacial score (nSPS) is 10.2. The molecule has 0 N–H and O–H groups in total. The van der Waals surface area contributed by atoms with Gasteiger partial charge in [-0.2, -0.15) is 0 Å². The number of hydrogen-bond acceptors (Lipinski definition) is 8. The summed E-state index contributed by atoms with van der Waals surface area (Å²) in [6, 6.07) is 4.83. The van der Waals surface area contributed by atoms with E-state index in [-0.39, 0.29) is 24.3 Å². The molecule has 0 atom stereocenters. The summed E-state index contributed by atoms with van der Waals surface area (Å²) in [4.78, 5) is 34.1. The smallest absolute Gasteiger partial charge is 0.338 e. The fourth-order valence-corrected chi connectivity index (χ4v) is 1.87. The zero-order valence-electron chi connectivity index (χ0n) is 13.0. The number of esters is 2. The molecule has 0 spiro atoms. The monoisotopic (exact) mass is 334 g/mol. The minimum Gasteiger partial charge on any atom is -0.462 e. The molecule has 2 rings (SSSR count). The number of rotatable bonds is 6. The van der Waals surface area contributed by atoms with Crippen LogP contribution in [0.3, 0.4) is 0 Å². The number of nitrogens with zero attached hydrogens (tertiary/aromatic N) is 2. The Hall–Kier alpha value is -3.23. The van der Waals surface area contributed by atoms with Crippen LogP contribution < -0.4 is 0 Å². The van der Waals surface area contributed by atoms with Gasteiger partial charge >= 0.3 is 11.9 Å². The fourth-order valence-electron chi connectivity index (χ4n) is 1.87. The van der Waals surface area contributed by atoms with E-state index >= 15 is 0 Å². The molecule has 0 radical (unpaired) electrons. The van der Waals surface area contributed by atoms with E-state index in [2.05, 4.69) is 5.16 Å². The molecule has 0 saturated heterocycles. The molecule has 0 aliphatic carbocycles. The second-order valence-electron chi connectivity index (χ2n) is 4.76. The van der Waals surface area contributed by atoms with Crippen LogP contribution in [0.5, 0.6) is 0 Å². The van der Waals surface area contributed by atoms with Crippen molar-refractivity contribution in [1.29, 1.82) is 0 Å². The first-order valence-corrected chi connectivity index (χ1v) is 6.96. The number of ether oxygens (including phenoxy) is 2. The van der Waals surface area contributed by atoms with Crippen molar-refractivity contribution in [3.63, 3.8) is 0 Å². The number of aromatic nitrogens is 1. The standard InChI is InChI=1S/C15H14N2O7/c1-3-22-14(18)10-5-11(7-12(6-10)17(20)21)15(19)23-8-13-4-9(2)16-24-13/h4-7H,3,8H2,1-2H3. The number of non-ortho nitro benzene ring substituents is 1. The van der Waals surface area contributed by atoms with E-state index < -0.39 is 22.5 Å². The summed E-state index contributed by atoms with van der Waals surface area (Å²) >= 11 is 0. The Morgan fingerprint density at radius 2 is 1.79 bits per heavy atom. The molecule has 0 saturated carbocycles. The van der Waals surface area contributed by atoms with Gasteiger partial charge in [0.2, 0.25) is 0 Å². The van der Waals surface area contributed by atoms with E-state index in [1.165, 1.54) is 6.07 Å². The first-order chi connectivity index (χ1) is 11.4. The number of aryl methyl sites for hydroxylation is 1. The Kier molecular flexibility index (Phi) is 5.25. The number of nitro benzene ring substituents is 1. The van der Waals surface area contributed by atoms with Crippen molar-refractivity contribution < 1.29 is 28.5 Å². The Morgan fingerprint density at radius 1 is 1.17 bits per heavy atom. The van der Waals surface area contributed by atoms with E-state index in [0.717, 1.165) is 12.1 Å². The van der Waals surface area contributed by atoms with Gasteiger partial charge in [-0.3, -0.25) is 10.1 Å². The molecule has 9 nitrogen and oxygen atoms in total. The summed E-state index contributed by atoms with van der Waals surface area (Å²) < 4.78 is 14.7. The third kappa shape index (κ3) is 4.15. The van der Waals surface area contributed by atoms with Crippen molar-refractivity contribution in [2.75, 3.05) is 6.61 Å². The van der Waals surface area contributed by atoms with Crippen molar-refractivity contribution in [1.82, 2.24) is 5.16 Å². The lowest BCUT2D eigenvalue weighted by atomic mass is 10.1. The lowest BCUT2D eigenvalue weighted by Gasteiger charge is -2.06. The predicted octanol–water partition coefficient (Wildman–Crippen LogP) is 2.42. The second kappa shape index (κ2) is 7.36. The van der Waals surface area contributed by atoms with Crippen LogP contribution in [-0.2, 0) is 16.1 Å². The van der Waals surface area contributed by atoms with Crippen LogP contribution in [-0.4, -0.2) is 28.6 Å². The third-order valence-electron chi connectivity index (χ3n) is 2.90. The number of carbonyl (C=O) groups is 2. The minimum absolute atomic E-state index is 0.103. The molecule has 24 heavy (non-hydrogen) atoms. The van der Waals surface area contributed by atoms with Gasteiger partial charge in [0.1, 0.15) is 0 Å². The summed E-state index contributed by atoms with van der Waals surface area (Å²) in [6.45, 7) is 3.23. The molecule has 0 amide bonds. The van der Waals surface area contributed by atoms with Crippen LogP contribution in [0.4, 0.5) is 5.69 Å². The number of benzene rings is 1. The Balaban J connectivity index is 2.22. The molecule has 2 aromatic rings. The molecule has 126 valence electrons. The third-order valence-corrected chi connectivity index (χ3v) is 2.90. The number of nitro groups is 1. The molecule has 0 aliphatic heterocycles. The van der Waals surface area contributed by atoms with E-state index in [9.17, 15) is 19.7 Å². The highest BCUT2D eigenvalue weighted by Crippen LogP contribution is 2.19. The molecule has 1 heterocycles. The van der Waals surface area contributed by atoms with Gasteiger partial charge in [0.05, 0.1) is 28.4 Å². The fraction of sp³-hybridized carbons (Fsp3) is 0.267. The largest absolute Gasteiger partial charge is 0.462 e. The van der Waals surface area contributed by atoms with Crippen molar-refractivity contribution in [2.45, 2.75) is 20.5 Å². The van der Waals surface area contributed by atoms with Crippen molar-refractivity contribution in [3.05, 3.63) is 57.0 Å². The van der Waals surface area contributed by atoms with E-state index in [0.29, 0.717) is 11.5 Å². The molecule has 0 aliphatic rings. The van der Waals surface area contributed by atoms with Gasteiger partial charge in [-0.1, -0.05) is 5.16 Å². The van der Waals surface area contributed by atoms with Crippen LogP contribution in [0.1, 0.15) is 39.1 Å². The molecule has 0 bridgehead atoms. The van der Waals surface area contributed by atoms with Gasteiger partial charge in [-0.15, -0.1) is 0 Å². The van der Waals surface area contributed by atoms with Gasteiger partial charge in [0.25, 0.3) is 5.69 Å². The second-order valence-corrected chi connectivity index (χ2v) is 4.76. The van der Waals surface area contributed by atoms with Gasteiger partial charge in [0.15, 0.2) is 12.4 Å². The molecule has 0 unspecified atom stereocenters. The van der Waals surface area contributed by atoms with Gasteiger partial charge in [0, 0.05) is 18.2 Å². The molecule has 1 aromatic carbocycles. The quantitative estimate of drug-likeness (QED) is 0.448. The predicted molar refractivity (Wildman–Crippen MR) is 79.4 cm³/mol. The van der Waals surface area contributed by atoms with Crippen molar-refractivity contribution in [3.8, 4) is 0 Å². The van der Waals surface area contributed by atoms with Gasteiger partial charge < -0.3 is 14.0 Å². The molecular weight excluding hydrogens is 320 g/mol. The average molecular weight is 334 g/mol. The van der Waals surface area contributed by atoms with Crippen molar-refractivity contribution in [2.24, 2.45) is 0 Å². The highest BCUT2D eigenvalue weighted by Gasteiger charge is 2.20. The average Bonchev–Trinajstić information content (AvgIpc) is 2.97. The summed E-state index contributed by atoms with van der Waals surface area (Å²) in [7, 11) is 0. The van der Waals surface area contributed by atoms with Crippen molar-refractivity contribution >= 4 is 17.6 Å². The van der Waals surface area contributed by atoms with Crippen LogP contribution in [0.15, 0.2) is 28.8 Å². The van der Waals surface area contributed by atoms with Crippen LogP contribution >= 0.6 is 0 Å². The maximum Gasteiger partial charge on any atom is 0.338 e. The Labute approximate surface area is 136 Å². The summed E-state index contributed by atoms with van der Waals surface area (Å²) in [5.74, 6) is -1.27. The zero-order valence-corrected chi connectivity index (χ0v) is 13.0. The molecule has 1 aromatic heterocycles. The highest BCUT2D eigenvalue weighted by atomic mass is 16.6. The van der Waals surface area contributed by atoms with Crippen LogP contribution in [0.25, 0.3) is 0 Å². The Bertz CT molecular complexity index is 782. The summed E-state index contributed by atoms with van der Waals surface area (Å²) in [5.41, 5.74) is -0.0268. The summed E-state index contributed by atoms with van der Waals surface area (Å²) in [6.07, 6.45) is 0. The highest BCUT2D eigenvalue weighted by molar-refractivity contribution is 5.96. The van der Waals surface area contributed by atoms with Gasteiger partial charge in [-0.25, -0.2) is 9.59 Å². The number of carbonyl (C=O) groups excluding carboxylic acids is 2. The number of hydrogen-bond donors (Lipinski definition) is 0.